The molecule has 0 spiro atoms. The third-order valence-electron chi connectivity index (χ3n) is 3.27. The molecule has 0 aromatic carbocycles. The van der Waals surface area contributed by atoms with Gasteiger partial charge in [-0.25, -0.2) is 0 Å². The second-order valence-corrected chi connectivity index (χ2v) is 5.87. The smallest absolute Gasteiger partial charge is 0.285 e. The van der Waals surface area contributed by atoms with E-state index < -0.39 is 0 Å². The lowest BCUT2D eigenvalue weighted by molar-refractivity contribution is 0.0700. The molecule has 0 saturated carbocycles. The molecular formula is C12H20N4OS. The molecule has 2 rings (SSSR count). The van der Waals surface area contributed by atoms with Crippen LogP contribution in [0.1, 0.15) is 43.4 Å². The molecule has 1 amide bonds. The fourth-order valence-corrected chi connectivity index (χ4v) is 3.16. The summed E-state index contributed by atoms with van der Waals surface area (Å²) in [6.07, 6.45) is 2.19. The van der Waals surface area contributed by atoms with Crippen molar-refractivity contribution in [3.63, 3.8) is 0 Å². The van der Waals surface area contributed by atoms with Gasteiger partial charge in [0.2, 0.25) is 10.1 Å². The number of carbonyl (C=O) groups excluding carboxylic acids is 1. The largest absolute Gasteiger partial charge is 0.360 e. The first-order valence-electron chi connectivity index (χ1n) is 6.51. The van der Waals surface area contributed by atoms with E-state index in [2.05, 4.69) is 29.4 Å². The minimum absolute atomic E-state index is 0.0350. The third-order valence-corrected chi connectivity index (χ3v) is 4.13. The topological polar surface area (TPSA) is 58.1 Å². The molecule has 0 aliphatic carbocycles. The lowest BCUT2D eigenvalue weighted by atomic mass is 10.0. The number of nitrogens with one attached hydrogen (secondary N) is 1. The van der Waals surface area contributed by atoms with E-state index in [0.29, 0.717) is 17.0 Å². The van der Waals surface area contributed by atoms with Gasteiger partial charge >= 0.3 is 0 Å². The molecule has 1 aromatic rings. The second kappa shape index (κ2) is 5.65. The van der Waals surface area contributed by atoms with E-state index in [-0.39, 0.29) is 5.91 Å². The van der Waals surface area contributed by atoms with Crippen molar-refractivity contribution in [1.82, 2.24) is 15.1 Å². The minimum Gasteiger partial charge on any atom is -0.360 e. The van der Waals surface area contributed by atoms with Gasteiger partial charge in [0.25, 0.3) is 5.91 Å². The molecule has 1 saturated heterocycles. The minimum atomic E-state index is 0.0350. The summed E-state index contributed by atoms with van der Waals surface area (Å²) in [6, 6.07) is 0.351. The molecule has 18 heavy (non-hydrogen) atoms. The van der Waals surface area contributed by atoms with Crippen LogP contribution in [0.2, 0.25) is 0 Å². The van der Waals surface area contributed by atoms with Gasteiger partial charge in [0.05, 0.1) is 0 Å². The summed E-state index contributed by atoms with van der Waals surface area (Å²) in [5, 5.41) is 12.3. The first-order valence-corrected chi connectivity index (χ1v) is 7.33. The van der Waals surface area contributed by atoms with Gasteiger partial charge in [-0.1, -0.05) is 25.2 Å². The van der Waals surface area contributed by atoms with Crippen LogP contribution in [0.4, 0.5) is 5.13 Å². The molecule has 0 radical (unpaired) electrons. The number of hydrogen-bond acceptors (Lipinski definition) is 5. The van der Waals surface area contributed by atoms with Gasteiger partial charge in [-0.15, -0.1) is 10.2 Å². The van der Waals surface area contributed by atoms with E-state index in [1.165, 1.54) is 11.3 Å². The van der Waals surface area contributed by atoms with Gasteiger partial charge in [-0.2, -0.15) is 0 Å². The Morgan fingerprint density at radius 2 is 2.33 bits per heavy atom. The summed E-state index contributed by atoms with van der Waals surface area (Å²) < 4.78 is 0. The molecule has 1 fully saturated rings. The monoisotopic (exact) mass is 268 g/mol. The maximum Gasteiger partial charge on any atom is 0.285 e. The predicted molar refractivity (Wildman–Crippen MR) is 73.0 cm³/mol. The van der Waals surface area contributed by atoms with E-state index in [9.17, 15) is 4.79 Å². The van der Waals surface area contributed by atoms with E-state index in [0.717, 1.165) is 31.1 Å². The van der Waals surface area contributed by atoms with Crippen molar-refractivity contribution in [1.29, 1.82) is 0 Å². The Bertz CT molecular complexity index is 418. The number of hydrogen-bond donors (Lipinski definition) is 1. The fraction of sp³-hybridized carbons (Fsp3) is 0.750. The number of carbonyl (C=O) groups is 1. The number of anilines is 1. The number of likely N-dealkylation sites (tertiary alicyclic amines) is 1. The predicted octanol–water partition coefficient (Wildman–Crippen LogP) is 2.23. The molecule has 1 aliphatic rings. The van der Waals surface area contributed by atoms with E-state index >= 15 is 0 Å². The third kappa shape index (κ3) is 2.63. The van der Waals surface area contributed by atoms with Crippen LogP contribution in [-0.4, -0.2) is 40.1 Å². The first kappa shape index (κ1) is 13.3. The summed E-state index contributed by atoms with van der Waals surface area (Å²) in [5.74, 6) is 0.533. The molecule has 0 bridgehead atoms. The summed E-state index contributed by atoms with van der Waals surface area (Å²) >= 11 is 1.34. The van der Waals surface area contributed by atoms with E-state index in [1.54, 1.807) is 0 Å². The van der Waals surface area contributed by atoms with Crippen LogP contribution in [0.3, 0.4) is 0 Å². The molecular weight excluding hydrogens is 248 g/mol. The highest BCUT2D eigenvalue weighted by Crippen LogP contribution is 2.27. The Kier molecular flexibility index (Phi) is 4.16. The maximum atomic E-state index is 12.4. The first-order chi connectivity index (χ1) is 8.63. The summed E-state index contributed by atoms with van der Waals surface area (Å²) in [7, 11) is 0. The highest BCUT2D eigenvalue weighted by Gasteiger charge is 2.32. The average Bonchev–Trinajstić information content (AvgIpc) is 2.96. The molecule has 2 heterocycles. The van der Waals surface area contributed by atoms with E-state index in [1.807, 2.05) is 11.8 Å². The normalized spacial score (nSPS) is 19.6. The van der Waals surface area contributed by atoms with Crippen molar-refractivity contribution in [2.24, 2.45) is 5.92 Å². The van der Waals surface area contributed by atoms with Crippen molar-refractivity contribution >= 4 is 22.4 Å². The number of amides is 1. The maximum absolute atomic E-state index is 12.4. The Morgan fingerprint density at radius 1 is 1.56 bits per heavy atom. The van der Waals surface area contributed by atoms with Crippen molar-refractivity contribution in [2.45, 2.75) is 39.7 Å². The van der Waals surface area contributed by atoms with Crippen molar-refractivity contribution in [3.05, 3.63) is 5.01 Å². The van der Waals surface area contributed by atoms with Crippen LogP contribution < -0.4 is 5.32 Å². The van der Waals surface area contributed by atoms with Crippen LogP contribution in [0.5, 0.6) is 0 Å². The zero-order valence-corrected chi connectivity index (χ0v) is 12.0. The number of nitrogens with zero attached hydrogens (tertiary/aromatic N) is 3. The van der Waals surface area contributed by atoms with Gasteiger partial charge in [0, 0.05) is 19.1 Å². The molecule has 100 valence electrons. The highest BCUT2D eigenvalue weighted by atomic mass is 32.1. The van der Waals surface area contributed by atoms with Gasteiger partial charge in [-0.3, -0.25) is 4.79 Å². The van der Waals surface area contributed by atoms with Gasteiger partial charge in [0.1, 0.15) is 0 Å². The Balaban J connectivity index is 2.10. The summed E-state index contributed by atoms with van der Waals surface area (Å²) in [4.78, 5) is 14.3. The standard InChI is InChI=1S/C12H20N4OS/c1-4-13-12-15-14-10(18-12)11(17)16-7-5-6-9(16)8(2)3/h8-9H,4-7H2,1-3H3,(H,13,15). The molecule has 1 atom stereocenters. The fourth-order valence-electron chi connectivity index (χ4n) is 2.39. The lowest BCUT2D eigenvalue weighted by Crippen LogP contribution is -2.38. The zero-order valence-electron chi connectivity index (χ0n) is 11.1. The van der Waals surface area contributed by atoms with Gasteiger partial charge < -0.3 is 10.2 Å². The molecule has 1 N–H and O–H groups in total. The molecule has 1 aliphatic heterocycles. The van der Waals surface area contributed by atoms with Crippen LogP contribution in [0.25, 0.3) is 0 Å². The van der Waals surface area contributed by atoms with Crippen LogP contribution in [0.15, 0.2) is 0 Å². The number of aromatic nitrogens is 2. The van der Waals surface area contributed by atoms with Crippen molar-refractivity contribution in [3.8, 4) is 0 Å². The second-order valence-electron chi connectivity index (χ2n) is 4.89. The molecule has 6 heteroatoms. The van der Waals surface area contributed by atoms with Gasteiger partial charge in [-0.05, 0) is 25.7 Å². The highest BCUT2D eigenvalue weighted by molar-refractivity contribution is 7.17. The molecule has 5 nitrogen and oxygen atoms in total. The van der Waals surface area contributed by atoms with Crippen LogP contribution in [-0.2, 0) is 0 Å². The summed E-state index contributed by atoms with van der Waals surface area (Å²) in [5.41, 5.74) is 0. The Hall–Kier alpha value is -1.17. The lowest BCUT2D eigenvalue weighted by Gasteiger charge is -2.26. The van der Waals surface area contributed by atoms with Crippen LogP contribution >= 0.6 is 11.3 Å². The molecule has 1 aromatic heterocycles. The number of rotatable bonds is 4. The van der Waals surface area contributed by atoms with Crippen molar-refractivity contribution in [2.75, 3.05) is 18.4 Å². The Labute approximate surface area is 112 Å². The van der Waals surface area contributed by atoms with Crippen LogP contribution in [0, 0.1) is 5.92 Å². The van der Waals surface area contributed by atoms with E-state index in [4.69, 9.17) is 0 Å². The SMILES string of the molecule is CCNc1nnc(C(=O)N2CCCC2C(C)C)s1. The van der Waals surface area contributed by atoms with Crippen molar-refractivity contribution < 1.29 is 4.79 Å². The van der Waals surface area contributed by atoms with Gasteiger partial charge in [0.15, 0.2) is 0 Å². The zero-order chi connectivity index (χ0) is 13.1. The summed E-state index contributed by atoms with van der Waals surface area (Å²) in [6.45, 7) is 7.97. The quantitative estimate of drug-likeness (QED) is 0.909. The Morgan fingerprint density at radius 3 is 3.00 bits per heavy atom. The molecule has 1 unspecified atom stereocenters. The average molecular weight is 268 g/mol.